The van der Waals surface area contributed by atoms with Gasteiger partial charge in [0.15, 0.2) is 0 Å². The Morgan fingerprint density at radius 3 is 0.800 bits per heavy atom. The lowest BCUT2D eigenvalue weighted by molar-refractivity contribution is 0.249. The van der Waals surface area contributed by atoms with E-state index in [9.17, 15) is 19.8 Å². The summed E-state index contributed by atoms with van der Waals surface area (Å²) >= 11 is 0. The summed E-state index contributed by atoms with van der Waals surface area (Å²) in [5.74, 6) is 1.66. The molecule has 0 spiro atoms. The van der Waals surface area contributed by atoms with Gasteiger partial charge in [-0.15, -0.1) is 0 Å². The molecule has 0 aromatic heterocycles. The van der Waals surface area contributed by atoms with E-state index in [0.717, 1.165) is 59.6 Å². The third-order valence-electron chi connectivity index (χ3n) is 8.98. The van der Waals surface area contributed by atoms with Crippen molar-refractivity contribution in [2.75, 3.05) is 45.8 Å². The molecule has 274 valence electrons. The second-order valence-corrected chi connectivity index (χ2v) is 15.1. The molecule has 0 unspecified atom stereocenters. The van der Waals surface area contributed by atoms with E-state index >= 15 is 0 Å². The van der Waals surface area contributed by atoms with Gasteiger partial charge in [0.1, 0.15) is 0 Å². The van der Waals surface area contributed by atoms with Crippen molar-refractivity contribution in [2.24, 2.45) is 23.7 Å². The van der Waals surface area contributed by atoms with Crippen LogP contribution in [0.2, 0.25) is 0 Å². The number of rotatable bonds is 18. The molecule has 0 saturated carbocycles. The molecule has 0 fully saturated rings. The summed E-state index contributed by atoms with van der Waals surface area (Å²) in [5, 5.41) is 19.2. The number of aliphatic hydroxyl groups excluding tert-OH is 2. The van der Waals surface area contributed by atoms with Gasteiger partial charge in [-0.05, 0) is 109 Å². The second kappa shape index (κ2) is 20.1. The Morgan fingerprint density at radius 2 is 0.620 bits per heavy atom. The van der Waals surface area contributed by atoms with E-state index in [2.05, 4.69) is 55.4 Å². The van der Waals surface area contributed by atoms with Gasteiger partial charge in [0.2, 0.25) is 0 Å². The van der Waals surface area contributed by atoms with Crippen LogP contribution in [-0.2, 0) is 13.2 Å². The zero-order valence-electron chi connectivity index (χ0n) is 31.8. The van der Waals surface area contributed by atoms with Crippen molar-refractivity contribution in [3.8, 4) is 0 Å². The van der Waals surface area contributed by atoms with Crippen LogP contribution in [0, 0.1) is 23.7 Å². The molecular weight excluding hydrogens is 624 g/mol. The topological polar surface area (TPSA) is 87.6 Å². The van der Waals surface area contributed by atoms with Crippen molar-refractivity contribution in [3.05, 3.63) is 83.9 Å². The summed E-state index contributed by atoms with van der Waals surface area (Å²) < 4.78 is 0. The molecule has 8 heteroatoms. The largest absolute Gasteiger partial charge is 0.392 e. The van der Waals surface area contributed by atoms with Crippen LogP contribution in [0.4, 0.5) is 32.3 Å². The fourth-order valence-corrected chi connectivity index (χ4v) is 5.56. The Labute approximate surface area is 301 Å². The van der Waals surface area contributed by atoms with E-state index in [-0.39, 0.29) is 25.3 Å². The van der Waals surface area contributed by atoms with Gasteiger partial charge >= 0.3 is 12.1 Å². The number of carbonyl (C=O) groups is 2. The molecule has 0 atom stereocenters. The van der Waals surface area contributed by atoms with Crippen molar-refractivity contribution in [1.82, 2.24) is 0 Å². The van der Waals surface area contributed by atoms with E-state index < -0.39 is 0 Å². The molecule has 0 radical (unpaired) electrons. The summed E-state index contributed by atoms with van der Waals surface area (Å²) in [4.78, 5) is 36.4. The average molecular weight is 687 g/mol. The number of carbonyl (C=O) groups excluding carboxylic acids is 2. The molecule has 8 nitrogen and oxygen atoms in total. The lowest BCUT2D eigenvalue weighted by atomic mass is 10.1. The van der Waals surface area contributed by atoms with Gasteiger partial charge in [-0.25, -0.2) is 9.59 Å². The third kappa shape index (κ3) is 12.2. The lowest BCUT2D eigenvalue weighted by Gasteiger charge is -2.33. The van der Waals surface area contributed by atoms with Crippen LogP contribution in [-0.4, -0.2) is 48.5 Å². The molecule has 0 aliphatic rings. The molecule has 0 aliphatic heterocycles. The van der Waals surface area contributed by atoms with E-state index in [1.807, 2.05) is 92.4 Å². The van der Waals surface area contributed by atoms with Crippen LogP contribution < -0.4 is 19.6 Å². The lowest BCUT2D eigenvalue weighted by Crippen LogP contribution is -2.45. The standard InChI is InChI=1S/C42H62N4O4/c1-31(2)21-25-43(37-13-9-35(29-47)10-14-37)41(49)45(27-23-33(5)6)39-17-19-40(20-18-39)46(28-24-34(7)8)42(50)44(26-22-32(3)4)38-15-11-36(30-48)12-16-38/h9-20,31-34,47-48H,21-30H2,1-8H3. The Bertz CT molecular complexity index is 1330. The minimum absolute atomic E-state index is 0.0464. The predicted molar refractivity (Wildman–Crippen MR) is 209 cm³/mol. The quantitative estimate of drug-likeness (QED) is 0.140. The van der Waals surface area contributed by atoms with Crippen molar-refractivity contribution >= 4 is 34.8 Å². The van der Waals surface area contributed by atoms with E-state index in [4.69, 9.17) is 0 Å². The van der Waals surface area contributed by atoms with E-state index in [1.54, 1.807) is 0 Å². The van der Waals surface area contributed by atoms with Crippen LogP contribution in [0.15, 0.2) is 72.8 Å². The summed E-state index contributed by atoms with van der Waals surface area (Å²) in [7, 11) is 0. The maximum absolute atomic E-state index is 14.5. The van der Waals surface area contributed by atoms with E-state index in [0.29, 0.717) is 49.9 Å². The number of nitrogens with zero attached hydrogens (tertiary/aromatic N) is 4. The molecule has 3 rings (SSSR count). The van der Waals surface area contributed by atoms with Crippen LogP contribution in [0.25, 0.3) is 0 Å². The zero-order chi connectivity index (χ0) is 36.8. The maximum atomic E-state index is 14.5. The SMILES string of the molecule is CC(C)CCN(C(=O)N(CCC(C)C)c1ccc(N(CCC(C)C)C(=O)N(CCC(C)C)c2ccc(CO)cc2)cc1)c1ccc(CO)cc1. The molecule has 50 heavy (non-hydrogen) atoms. The van der Waals surface area contributed by atoms with Gasteiger partial charge in [-0.2, -0.15) is 0 Å². The van der Waals surface area contributed by atoms with Crippen LogP contribution in [0.1, 0.15) is 92.2 Å². The molecule has 0 heterocycles. The van der Waals surface area contributed by atoms with Gasteiger partial charge in [-0.3, -0.25) is 19.6 Å². The van der Waals surface area contributed by atoms with Gasteiger partial charge < -0.3 is 10.2 Å². The number of benzene rings is 3. The first-order valence-electron chi connectivity index (χ1n) is 18.5. The van der Waals surface area contributed by atoms with Gasteiger partial charge in [0.05, 0.1) is 13.2 Å². The van der Waals surface area contributed by atoms with Gasteiger partial charge in [0.25, 0.3) is 0 Å². The molecule has 4 amide bonds. The Morgan fingerprint density at radius 1 is 0.420 bits per heavy atom. The minimum atomic E-state index is -0.0882. The highest BCUT2D eigenvalue weighted by Gasteiger charge is 2.27. The number of urea groups is 2. The monoisotopic (exact) mass is 686 g/mol. The molecule has 3 aromatic rings. The second-order valence-electron chi connectivity index (χ2n) is 15.1. The molecule has 0 bridgehead atoms. The molecule has 3 aromatic carbocycles. The fraction of sp³-hybridized carbons (Fsp3) is 0.524. The van der Waals surface area contributed by atoms with Crippen molar-refractivity contribution in [3.63, 3.8) is 0 Å². The summed E-state index contributed by atoms with van der Waals surface area (Å²) in [6.45, 7) is 19.5. The summed E-state index contributed by atoms with van der Waals surface area (Å²) in [5.41, 5.74) is 4.79. The molecule has 0 aliphatic carbocycles. The van der Waals surface area contributed by atoms with Crippen molar-refractivity contribution in [1.29, 1.82) is 0 Å². The van der Waals surface area contributed by atoms with Gasteiger partial charge in [0, 0.05) is 48.9 Å². The first-order valence-corrected chi connectivity index (χ1v) is 18.5. The van der Waals surface area contributed by atoms with Crippen LogP contribution in [0.3, 0.4) is 0 Å². The highest BCUT2D eigenvalue weighted by Crippen LogP contribution is 2.28. The maximum Gasteiger partial charge on any atom is 0.328 e. The normalized spacial score (nSPS) is 11.5. The Kier molecular flexibility index (Phi) is 16.3. The predicted octanol–water partition coefficient (Wildman–Crippen LogP) is 9.72. The summed E-state index contributed by atoms with van der Waals surface area (Å²) in [6, 6.07) is 22.8. The number of anilines is 4. The molecule has 2 N–H and O–H groups in total. The van der Waals surface area contributed by atoms with E-state index in [1.165, 1.54) is 0 Å². The number of hydrogen-bond acceptors (Lipinski definition) is 4. The van der Waals surface area contributed by atoms with Crippen molar-refractivity contribution in [2.45, 2.75) is 94.3 Å². The summed E-state index contributed by atoms with van der Waals surface area (Å²) in [6.07, 6.45) is 3.39. The molecule has 0 saturated heterocycles. The highest BCUT2D eigenvalue weighted by molar-refractivity contribution is 6.05. The third-order valence-corrected chi connectivity index (χ3v) is 8.98. The number of hydrogen-bond donors (Lipinski definition) is 2. The average Bonchev–Trinajstić information content (AvgIpc) is 3.09. The van der Waals surface area contributed by atoms with Crippen LogP contribution >= 0.6 is 0 Å². The number of amides is 4. The van der Waals surface area contributed by atoms with Gasteiger partial charge in [-0.1, -0.05) is 79.7 Å². The smallest absolute Gasteiger partial charge is 0.328 e. The Balaban J connectivity index is 2.01. The minimum Gasteiger partial charge on any atom is -0.392 e. The first-order chi connectivity index (χ1) is 23.8. The fourth-order valence-electron chi connectivity index (χ4n) is 5.56. The molecular formula is C42H62N4O4. The van der Waals surface area contributed by atoms with Crippen LogP contribution in [0.5, 0.6) is 0 Å². The first kappa shape index (κ1) is 40.5. The Hall–Kier alpha value is -3.88. The van der Waals surface area contributed by atoms with Crippen molar-refractivity contribution < 1.29 is 19.8 Å². The number of aliphatic hydroxyl groups is 2. The highest BCUT2D eigenvalue weighted by atomic mass is 16.3. The zero-order valence-corrected chi connectivity index (χ0v) is 31.8.